The summed E-state index contributed by atoms with van der Waals surface area (Å²) >= 11 is 0. The zero-order valence-electron chi connectivity index (χ0n) is 13.5. The first kappa shape index (κ1) is 17.5. The molecule has 0 saturated heterocycles. The normalized spacial score (nSPS) is 11.2. The van der Waals surface area contributed by atoms with E-state index in [0.717, 1.165) is 18.4 Å². The number of amides is 1. The lowest BCUT2D eigenvalue weighted by atomic mass is 10.1. The number of methoxy groups -OCH3 is 1. The van der Waals surface area contributed by atoms with E-state index in [0.29, 0.717) is 17.0 Å². The van der Waals surface area contributed by atoms with Crippen LogP contribution in [0.2, 0.25) is 0 Å². The molecule has 0 unspecified atom stereocenters. The molecule has 0 radical (unpaired) electrons. The molecular formula is C18H13F3N2O3. The van der Waals surface area contributed by atoms with Crippen LogP contribution in [0.3, 0.4) is 0 Å². The Kier molecular flexibility index (Phi) is 4.66. The van der Waals surface area contributed by atoms with E-state index in [1.807, 2.05) is 0 Å². The lowest BCUT2D eigenvalue weighted by Gasteiger charge is -2.06. The van der Waals surface area contributed by atoms with Crippen molar-refractivity contribution in [1.29, 1.82) is 0 Å². The zero-order chi connectivity index (χ0) is 18.7. The molecule has 5 nitrogen and oxygen atoms in total. The maximum absolute atomic E-state index is 12.6. The summed E-state index contributed by atoms with van der Waals surface area (Å²) in [5.74, 6) is 0.199. The largest absolute Gasteiger partial charge is 0.497 e. The molecule has 0 fully saturated rings. The molecule has 0 aliphatic carbocycles. The predicted octanol–water partition coefficient (Wildman–Crippen LogP) is 4.62. The molecule has 1 aromatic heterocycles. The number of ether oxygens (including phenoxy) is 1. The summed E-state index contributed by atoms with van der Waals surface area (Å²) in [6.07, 6.45) is -3.27. The third-order valence-electron chi connectivity index (χ3n) is 3.54. The van der Waals surface area contributed by atoms with Crippen molar-refractivity contribution in [2.45, 2.75) is 6.18 Å². The minimum Gasteiger partial charge on any atom is -0.497 e. The minimum absolute atomic E-state index is 0.00992. The molecule has 2 aromatic carbocycles. The number of oxazole rings is 1. The molecule has 3 rings (SSSR count). The van der Waals surface area contributed by atoms with Crippen molar-refractivity contribution in [3.05, 3.63) is 66.1 Å². The van der Waals surface area contributed by atoms with E-state index in [2.05, 4.69) is 10.3 Å². The molecule has 0 saturated carbocycles. The lowest BCUT2D eigenvalue weighted by molar-refractivity contribution is -0.137. The Morgan fingerprint density at radius 1 is 1.08 bits per heavy atom. The molecule has 1 N–H and O–H groups in total. The standard InChI is InChI=1S/C18H13F3N2O3/c1-25-14-8-6-13(7-9-14)22-16(24)15-10-26-17(23-15)11-2-4-12(5-3-11)18(19,20)21/h2-10H,1H3,(H,22,24). The van der Waals surface area contributed by atoms with E-state index in [1.165, 1.54) is 19.2 Å². The molecule has 0 aliphatic heterocycles. The fourth-order valence-electron chi connectivity index (χ4n) is 2.18. The van der Waals surface area contributed by atoms with Gasteiger partial charge in [0.2, 0.25) is 5.89 Å². The van der Waals surface area contributed by atoms with Gasteiger partial charge in [-0.05, 0) is 48.5 Å². The molecule has 8 heteroatoms. The first-order chi connectivity index (χ1) is 12.4. The molecule has 3 aromatic rings. The third-order valence-corrected chi connectivity index (χ3v) is 3.54. The molecule has 1 heterocycles. The first-order valence-corrected chi connectivity index (χ1v) is 7.45. The molecule has 134 valence electrons. The van der Waals surface area contributed by atoms with Crippen LogP contribution in [-0.4, -0.2) is 18.0 Å². The average Bonchev–Trinajstić information content (AvgIpc) is 3.12. The van der Waals surface area contributed by atoms with Crippen LogP contribution in [0.15, 0.2) is 59.2 Å². The van der Waals surface area contributed by atoms with E-state index in [4.69, 9.17) is 9.15 Å². The number of rotatable bonds is 4. The van der Waals surface area contributed by atoms with Gasteiger partial charge >= 0.3 is 6.18 Å². The molecule has 26 heavy (non-hydrogen) atoms. The smallest absolute Gasteiger partial charge is 0.416 e. The summed E-state index contributed by atoms with van der Waals surface area (Å²) in [4.78, 5) is 16.2. The number of halogens is 3. The highest BCUT2D eigenvalue weighted by Gasteiger charge is 2.30. The molecule has 0 atom stereocenters. The monoisotopic (exact) mass is 362 g/mol. The number of aromatic nitrogens is 1. The highest BCUT2D eigenvalue weighted by Crippen LogP contribution is 2.30. The Labute approximate surface area is 146 Å². The van der Waals surface area contributed by atoms with E-state index in [1.54, 1.807) is 24.3 Å². The Hall–Kier alpha value is -3.29. The van der Waals surface area contributed by atoms with Gasteiger partial charge in [-0.15, -0.1) is 0 Å². The Balaban J connectivity index is 1.73. The van der Waals surface area contributed by atoms with E-state index < -0.39 is 17.6 Å². The van der Waals surface area contributed by atoms with Gasteiger partial charge in [0.15, 0.2) is 5.69 Å². The minimum atomic E-state index is -4.42. The van der Waals surface area contributed by atoms with Crippen LogP contribution in [-0.2, 0) is 6.18 Å². The summed E-state index contributed by atoms with van der Waals surface area (Å²) in [6, 6.07) is 11.0. The van der Waals surface area contributed by atoms with Crippen molar-refractivity contribution >= 4 is 11.6 Å². The number of hydrogen-bond acceptors (Lipinski definition) is 4. The van der Waals surface area contributed by atoms with Crippen molar-refractivity contribution in [1.82, 2.24) is 4.98 Å². The second-order valence-corrected chi connectivity index (χ2v) is 5.30. The van der Waals surface area contributed by atoms with E-state index >= 15 is 0 Å². The second kappa shape index (κ2) is 6.91. The zero-order valence-corrected chi connectivity index (χ0v) is 13.5. The Morgan fingerprint density at radius 2 is 1.73 bits per heavy atom. The number of benzene rings is 2. The van der Waals surface area contributed by atoms with Gasteiger partial charge in [0.05, 0.1) is 12.7 Å². The number of carbonyl (C=O) groups excluding carboxylic acids is 1. The number of anilines is 1. The summed E-state index contributed by atoms with van der Waals surface area (Å²) in [6.45, 7) is 0. The van der Waals surface area contributed by atoms with Crippen LogP contribution >= 0.6 is 0 Å². The lowest BCUT2D eigenvalue weighted by Crippen LogP contribution is -2.12. The van der Waals surface area contributed by atoms with Crippen LogP contribution < -0.4 is 10.1 Å². The van der Waals surface area contributed by atoms with Crippen molar-refractivity contribution < 1.29 is 27.1 Å². The number of hydrogen-bond donors (Lipinski definition) is 1. The van der Waals surface area contributed by atoms with Gasteiger partial charge < -0.3 is 14.5 Å². The number of alkyl halides is 3. The SMILES string of the molecule is COc1ccc(NC(=O)c2coc(-c3ccc(C(F)(F)F)cc3)n2)cc1. The van der Waals surface area contributed by atoms with Crippen LogP contribution in [0.1, 0.15) is 16.1 Å². The molecule has 0 aliphatic rings. The van der Waals surface area contributed by atoms with Gasteiger partial charge in [0.1, 0.15) is 12.0 Å². The summed E-state index contributed by atoms with van der Waals surface area (Å²) < 4.78 is 48.0. The van der Waals surface area contributed by atoms with Crippen molar-refractivity contribution in [2.75, 3.05) is 12.4 Å². The summed E-state index contributed by atoms with van der Waals surface area (Å²) in [5.41, 5.74) is 0.109. The average molecular weight is 362 g/mol. The predicted molar refractivity (Wildman–Crippen MR) is 87.9 cm³/mol. The van der Waals surface area contributed by atoms with Gasteiger partial charge in [-0.25, -0.2) is 4.98 Å². The fraction of sp³-hybridized carbons (Fsp3) is 0.111. The highest BCUT2D eigenvalue weighted by atomic mass is 19.4. The molecule has 0 bridgehead atoms. The van der Waals surface area contributed by atoms with Gasteiger partial charge in [-0.1, -0.05) is 0 Å². The van der Waals surface area contributed by atoms with Crippen molar-refractivity contribution in [3.8, 4) is 17.2 Å². The number of nitrogens with one attached hydrogen (secondary N) is 1. The van der Waals surface area contributed by atoms with Gasteiger partial charge in [0, 0.05) is 11.3 Å². The maximum atomic E-state index is 12.6. The van der Waals surface area contributed by atoms with Crippen LogP contribution in [0.4, 0.5) is 18.9 Å². The fourth-order valence-corrected chi connectivity index (χ4v) is 2.18. The van der Waals surface area contributed by atoms with E-state index in [-0.39, 0.29) is 11.6 Å². The maximum Gasteiger partial charge on any atom is 0.416 e. The summed E-state index contributed by atoms with van der Waals surface area (Å²) in [5, 5.41) is 2.64. The van der Waals surface area contributed by atoms with E-state index in [9.17, 15) is 18.0 Å². The van der Waals surface area contributed by atoms with Gasteiger partial charge in [-0.3, -0.25) is 4.79 Å². The second-order valence-electron chi connectivity index (χ2n) is 5.30. The highest BCUT2D eigenvalue weighted by molar-refractivity contribution is 6.02. The third kappa shape index (κ3) is 3.85. The summed E-state index contributed by atoms with van der Waals surface area (Å²) in [7, 11) is 1.53. The molecule has 1 amide bonds. The molecule has 0 spiro atoms. The molecular weight excluding hydrogens is 349 g/mol. The quantitative estimate of drug-likeness (QED) is 0.735. The van der Waals surface area contributed by atoms with Crippen LogP contribution in [0, 0.1) is 0 Å². The number of nitrogens with zero attached hydrogens (tertiary/aromatic N) is 1. The topological polar surface area (TPSA) is 64.4 Å². The van der Waals surface area contributed by atoms with Crippen LogP contribution in [0.5, 0.6) is 5.75 Å². The first-order valence-electron chi connectivity index (χ1n) is 7.45. The van der Waals surface area contributed by atoms with Crippen molar-refractivity contribution in [2.24, 2.45) is 0 Å². The Morgan fingerprint density at radius 3 is 2.31 bits per heavy atom. The van der Waals surface area contributed by atoms with Gasteiger partial charge in [-0.2, -0.15) is 13.2 Å². The Bertz CT molecular complexity index is 901. The van der Waals surface area contributed by atoms with Gasteiger partial charge in [0.25, 0.3) is 5.91 Å². The number of carbonyl (C=O) groups is 1. The van der Waals surface area contributed by atoms with Crippen molar-refractivity contribution in [3.63, 3.8) is 0 Å². The van der Waals surface area contributed by atoms with Crippen LogP contribution in [0.25, 0.3) is 11.5 Å².